The van der Waals surface area contributed by atoms with E-state index in [1.165, 1.54) is 13.2 Å². The molecule has 0 spiro atoms. The molecule has 0 saturated carbocycles. The predicted molar refractivity (Wildman–Crippen MR) is 94.0 cm³/mol. The SMILES string of the molecule is COc1ccc(CC(C#N)/C(C#N)=C\c2ccc(OC)c(O)c2)cc1. The van der Waals surface area contributed by atoms with E-state index in [9.17, 15) is 15.6 Å². The third-order valence-electron chi connectivity index (χ3n) is 3.78. The summed E-state index contributed by atoms with van der Waals surface area (Å²) in [4.78, 5) is 0. The molecule has 0 saturated heterocycles. The molecule has 1 N–H and O–H groups in total. The molecular weight excluding hydrogens is 316 g/mol. The molecule has 0 heterocycles. The largest absolute Gasteiger partial charge is 0.504 e. The zero-order valence-electron chi connectivity index (χ0n) is 14.1. The van der Waals surface area contributed by atoms with Crippen LogP contribution in [0.4, 0.5) is 0 Å². The average Bonchev–Trinajstić information content (AvgIpc) is 2.65. The Bertz CT molecular complexity index is 843. The van der Waals surface area contributed by atoms with Crippen molar-refractivity contribution in [1.82, 2.24) is 0 Å². The number of hydrogen-bond acceptors (Lipinski definition) is 5. The monoisotopic (exact) mass is 334 g/mol. The van der Waals surface area contributed by atoms with E-state index in [1.54, 1.807) is 25.3 Å². The van der Waals surface area contributed by atoms with Gasteiger partial charge in [0, 0.05) is 5.57 Å². The highest BCUT2D eigenvalue weighted by molar-refractivity contribution is 5.62. The highest BCUT2D eigenvalue weighted by atomic mass is 16.5. The number of benzene rings is 2. The van der Waals surface area contributed by atoms with Crippen LogP contribution >= 0.6 is 0 Å². The van der Waals surface area contributed by atoms with Gasteiger partial charge in [-0.05, 0) is 47.9 Å². The lowest BCUT2D eigenvalue weighted by atomic mass is 9.92. The predicted octanol–water partition coefficient (Wildman–Crippen LogP) is 3.70. The van der Waals surface area contributed by atoms with E-state index in [-0.39, 0.29) is 5.75 Å². The van der Waals surface area contributed by atoms with Crippen molar-refractivity contribution in [3.8, 4) is 29.4 Å². The van der Waals surface area contributed by atoms with Gasteiger partial charge in [0.2, 0.25) is 0 Å². The second-order valence-electron chi connectivity index (χ2n) is 5.38. The van der Waals surface area contributed by atoms with Crippen molar-refractivity contribution in [2.45, 2.75) is 6.42 Å². The topological polar surface area (TPSA) is 86.3 Å². The molecular formula is C20H18N2O3. The lowest BCUT2D eigenvalue weighted by Gasteiger charge is -2.09. The summed E-state index contributed by atoms with van der Waals surface area (Å²) in [7, 11) is 3.06. The van der Waals surface area contributed by atoms with Crippen LogP contribution in [0.1, 0.15) is 11.1 Å². The molecule has 0 aliphatic heterocycles. The molecule has 0 aliphatic carbocycles. The highest BCUT2D eigenvalue weighted by Gasteiger charge is 2.15. The van der Waals surface area contributed by atoms with Crippen LogP contribution in [0, 0.1) is 28.6 Å². The van der Waals surface area contributed by atoms with Crippen LogP contribution in [-0.4, -0.2) is 19.3 Å². The van der Waals surface area contributed by atoms with Crippen LogP contribution < -0.4 is 9.47 Å². The summed E-state index contributed by atoms with van der Waals surface area (Å²) in [6.07, 6.45) is 2.03. The van der Waals surface area contributed by atoms with Gasteiger partial charge in [0.05, 0.1) is 32.3 Å². The molecule has 0 amide bonds. The highest BCUT2D eigenvalue weighted by Crippen LogP contribution is 2.28. The Labute approximate surface area is 147 Å². The molecule has 25 heavy (non-hydrogen) atoms. The van der Waals surface area contributed by atoms with E-state index < -0.39 is 5.92 Å². The van der Waals surface area contributed by atoms with Crippen molar-refractivity contribution >= 4 is 6.08 Å². The van der Waals surface area contributed by atoms with Gasteiger partial charge in [-0.3, -0.25) is 0 Å². The summed E-state index contributed by atoms with van der Waals surface area (Å²) in [5.41, 5.74) is 1.90. The first-order valence-corrected chi connectivity index (χ1v) is 7.62. The Morgan fingerprint density at radius 2 is 1.84 bits per heavy atom. The molecule has 2 rings (SSSR count). The van der Waals surface area contributed by atoms with Crippen LogP contribution in [0.15, 0.2) is 48.0 Å². The van der Waals surface area contributed by atoms with Crippen LogP contribution in [0.2, 0.25) is 0 Å². The fourth-order valence-electron chi connectivity index (χ4n) is 2.41. The second-order valence-corrected chi connectivity index (χ2v) is 5.38. The number of hydrogen-bond donors (Lipinski definition) is 1. The molecule has 0 radical (unpaired) electrons. The number of ether oxygens (including phenoxy) is 2. The number of phenols is 1. The van der Waals surface area contributed by atoms with Crippen molar-refractivity contribution in [3.05, 3.63) is 59.2 Å². The summed E-state index contributed by atoms with van der Waals surface area (Å²) in [5.74, 6) is 0.493. The van der Waals surface area contributed by atoms with Crippen LogP contribution in [0.25, 0.3) is 6.08 Å². The van der Waals surface area contributed by atoms with Crippen molar-refractivity contribution in [3.63, 3.8) is 0 Å². The zero-order valence-corrected chi connectivity index (χ0v) is 14.1. The maximum absolute atomic E-state index is 9.84. The fourth-order valence-corrected chi connectivity index (χ4v) is 2.41. The van der Waals surface area contributed by atoms with Gasteiger partial charge in [-0.15, -0.1) is 0 Å². The summed E-state index contributed by atoms with van der Waals surface area (Å²) in [5, 5.41) is 28.8. The molecule has 2 aromatic carbocycles. The first-order valence-electron chi connectivity index (χ1n) is 7.62. The number of nitriles is 2. The van der Waals surface area contributed by atoms with Gasteiger partial charge in [-0.1, -0.05) is 18.2 Å². The van der Waals surface area contributed by atoms with E-state index in [1.807, 2.05) is 24.3 Å². The van der Waals surface area contributed by atoms with E-state index in [4.69, 9.17) is 9.47 Å². The third-order valence-corrected chi connectivity index (χ3v) is 3.78. The molecule has 0 fully saturated rings. The minimum Gasteiger partial charge on any atom is -0.504 e. The molecule has 0 bridgehead atoms. The zero-order chi connectivity index (χ0) is 18.2. The minimum atomic E-state index is -0.581. The lowest BCUT2D eigenvalue weighted by Crippen LogP contribution is -2.04. The van der Waals surface area contributed by atoms with E-state index in [0.717, 1.165) is 11.3 Å². The first kappa shape index (κ1) is 17.9. The quantitative estimate of drug-likeness (QED) is 0.814. The molecule has 1 unspecified atom stereocenters. The molecule has 2 aromatic rings. The lowest BCUT2D eigenvalue weighted by molar-refractivity contribution is 0.373. The van der Waals surface area contributed by atoms with Crippen LogP contribution in [0.5, 0.6) is 17.2 Å². The minimum absolute atomic E-state index is 0.0165. The molecule has 0 aromatic heterocycles. The smallest absolute Gasteiger partial charge is 0.160 e. The Kier molecular flexibility index (Phi) is 6.03. The van der Waals surface area contributed by atoms with Crippen LogP contribution in [-0.2, 0) is 6.42 Å². The standard InChI is InChI=1S/C20H18N2O3/c1-24-18-6-3-14(4-7-18)9-16(12-21)17(13-22)10-15-5-8-20(25-2)19(23)11-15/h3-8,10-11,16,23H,9H2,1-2H3/b17-10-. The summed E-state index contributed by atoms with van der Waals surface area (Å²) < 4.78 is 10.1. The number of phenolic OH excluding ortho intramolecular Hbond substituents is 1. The van der Waals surface area contributed by atoms with Gasteiger partial charge < -0.3 is 14.6 Å². The molecule has 126 valence electrons. The fraction of sp³-hybridized carbons (Fsp3) is 0.200. The van der Waals surface area contributed by atoms with Crippen molar-refractivity contribution in [1.29, 1.82) is 10.5 Å². The Hall–Kier alpha value is -3.44. The van der Waals surface area contributed by atoms with Gasteiger partial charge >= 0.3 is 0 Å². The number of aromatic hydroxyl groups is 1. The second kappa shape index (κ2) is 8.42. The number of nitrogens with zero attached hydrogens (tertiary/aromatic N) is 2. The van der Waals surface area contributed by atoms with Crippen molar-refractivity contribution in [2.75, 3.05) is 14.2 Å². The van der Waals surface area contributed by atoms with Crippen molar-refractivity contribution in [2.24, 2.45) is 5.92 Å². The average molecular weight is 334 g/mol. The number of rotatable bonds is 6. The van der Waals surface area contributed by atoms with E-state index >= 15 is 0 Å². The first-order chi connectivity index (χ1) is 12.1. The summed E-state index contributed by atoms with van der Waals surface area (Å²) in [6, 6.07) is 16.5. The van der Waals surface area contributed by atoms with Gasteiger partial charge in [-0.25, -0.2) is 0 Å². The van der Waals surface area contributed by atoms with Gasteiger partial charge in [0.25, 0.3) is 0 Å². The summed E-state index contributed by atoms with van der Waals surface area (Å²) >= 11 is 0. The Morgan fingerprint density at radius 3 is 2.36 bits per heavy atom. The van der Waals surface area contributed by atoms with Crippen LogP contribution in [0.3, 0.4) is 0 Å². The molecule has 5 heteroatoms. The van der Waals surface area contributed by atoms with Crippen molar-refractivity contribution < 1.29 is 14.6 Å². The van der Waals surface area contributed by atoms with Gasteiger partial charge in [0.1, 0.15) is 5.75 Å². The Morgan fingerprint density at radius 1 is 1.12 bits per heavy atom. The molecule has 1 atom stereocenters. The van der Waals surface area contributed by atoms with E-state index in [0.29, 0.717) is 23.3 Å². The number of methoxy groups -OCH3 is 2. The third kappa shape index (κ3) is 4.53. The maximum Gasteiger partial charge on any atom is 0.160 e. The molecule has 5 nitrogen and oxygen atoms in total. The molecule has 0 aliphatic rings. The van der Waals surface area contributed by atoms with Gasteiger partial charge in [0.15, 0.2) is 11.5 Å². The van der Waals surface area contributed by atoms with Gasteiger partial charge in [-0.2, -0.15) is 10.5 Å². The van der Waals surface area contributed by atoms with E-state index in [2.05, 4.69) is 12.1 Å². The number of allylic oxidation sites excluding steroid dienone is 1. The Balaban J connectivity index is 2.25. The maximum atomic E-state index is 9.84. The normalized spacial score (nSPS) is 11.9. The summed E-state index contributed by atoms with van der Waals surface area (Å²) in [6.45, 7) is 0.